The number of nitrogens with two attached hydrogens (primary N) is 1. The van der Waals surface area contributed by atoms with Gasteiger partial charge in [0, 0.05) is 36.9 Å². The highest BCUT2D eigenvalue weighted by Gasteiger charge is 2.25. The minimum Gasteiger partial charge on any atom is -0.384 e. The minimum atomic E-state index is -0.432. The Balaban J connectivity index is 1.15. The Labute approximate surface area is 256 Å². The third-order valence-electron chi connectivity index (χ3n) is 8.88. The van der Waals surface area contributed by atoms with E-state index in [1.165, 1.54) is 48.8 Å². The van der Waals surface area contributed by atoms with Gasteiger partial charge in [0.25, 0.3) is 0 Å². The maximum atomic E-state index is 13.5. The van der Waals surface area contributed by atoms with Crippen molar-refractivity contribution in [2.24, 2.45) is 5.73 Å². The van der Waals surface area contributed by atoms with Crippen LogP contribution in [0, 0.1) is 5.41 Å². The molecule has 5 rings (SSSR count). The summed E-state index contributed by atoms with van der Waals surface area (Å²) < 4.78 is 0. The van der Waals surface area contributed by atoms with Crippen LogP contribution in [0.2, 0.25) is 0 Å². The molecule has 8 nitrogen and oxygen atoms in total. The van der Waals surface area contributed by atoms with Gasteiger partial charge in [-0.1, -0.05) is 67.8 Å². The molecule has 2 atom stereocenters. The fraction of sp³-hybridized carbons (Fsp3) is 0.457. The van der Waals surface area contributed by atoms with E-state index in [9.17, 15) is 4.79 Å². The number of nitrogens with zero attached hydrogens (tertiary/aromatic N) is 1. The van der Waals surface area contributed by atoms with Crippen LogP contribution in [0.5, 0.6) is 0 Å². The maximum absolute atomic E-state index is 13.5. The summed E-state index contributed by atoms with van der Waals surface area (Å²) in [6.07, 6.45) is 12.4. The van der Waals surface area contributed by atoms with Crippen molar-refractivity contribution in [2.45, 2.75) is 89.0 Å². The van der Waals surface area contributed by atoms with Crippen molar-refractivity contribution in [1.29, 1.82) is 5.41 Å². The molecule has 0 aliphatic heterocycles. The van der Waals surface area contributed by atoms with Gasteiger partial charge in [0.2, 0.25) is 5.91 Å². The molecule has 1 unspecified atom stereocenters. The lowest BCUT2D eigenvalue weighted by atomic mass is 9.95. The summed E-state index contributed by atoms with van der Waals surface area (Å²) in [7, 11) is 0. The number of amidine groups is 1. The third kappa shape index (κ3) is 8.95. The number of amides is 1. The fourth-order valence-corrected chi connectivity index (χ4v) is 6.43. The van der Waals surface area contributed by atoms with Crippen LogP contribution in [0.15, 0.2) is 66.9 Å². The van der Waals surface area contributed by atoms with Gasteiger partial charge >= 0.3 is 0 Å². The van der Waals surface area contributed by atoms with Crippen LogP contribution in [0.1, 0.15) is 84.5 Å². The van der Waals surface area contributed by atoms with Gasteiger partial charge in [0.15, 0.2) is 0 Å². The predicted molar refractivity (Wildman–Crippen MR) is 173 cm³/mol. The van der Waals surface area contributed by atoms with Crippen molar-refractivity contribution in [1.82, 2.24) is 26.3 Å². The van der Waals surface area contributed by atoms with Gasteiger partial charge < -0.3 is 21.7 Å². The van der Waals surface area contributed by atoms with E-state index in [4.69, 9.17) is 11.1 Å². The number of nitrogens with one attached hydrogen (secondary N) is 5. The van der Waals surface area contributed by atoms with Gasteiger partial charge in [0.1, 0.15) is 5.84 Å². The second-order valence-corrected chi connectivity index (χ2v) is 12.0. The van der Waals surface area contributed by atoms with E-state index in [1.807, 2.05) is 42.5 Å². The Morgan fingerprint density at radius 2 is 1.74 bits per heavy atom. The van der Waals surface area contributed by atoms with E-state index in [2.05, 4.69) is 44.5 Å². The molecule has 8 heteroatoms. The number of carbonyl (C=O) groups excluding carboxylic acids is 1. The Bertz CT molecular complexity index is 1320. The highest BCUT2D eigenvalue weighted by atomic mass is 16.2. The summed E-state index contributed by atoms with van der Waals surface area (Å²) in [5, 5.41) is 21.8. The van der Waals surface area contributed by atoms with Crippen molar-refractivity contribution < 1.29 is 4.79 Å². The van der Waals surface area contributed by atoms with Gasteiger partial charge in [0.05, 0.1) is 11.7 Å². The largest absolute Gasteiger partial charge is 0.384 e. The Morgan fingerprint density at radius 1 is 0.930 bits per heavy atom. The number of benzene rings is 2. The molecular weight excluding hydrogens is 534 g/mol. The average Bonchev–Trinajstić information content (AvgIpc) is 3.46. The highest BCUT2D eigenvalue weighted by Crippen LogP contribution is 2.33. The summed E-state index contributed by atoms with van der Waals surface area (Å²) in [4.78, 5) is 17.9. The van der Waals surface area contributed by atoms with Crippen LogP contribution in [0.4, 0.5) is 0 Å². The molecule has 1 amide bonds. The topological polar surface area (TPSA) is 128 Å². The monoisotopic (exact) mass is 581 g/mol. The summed E-state index contributed by atoms with van der Waals surface area (Å²) in [5.41, 5.74) is 12.1. The first kappa shape index (κ1) is 30.9. The maximum Gasteiger partial charge on any atom is 0.237 e. The number of pyridine rings is 1. The van der Waals surface area contributed by atoms with Crippen molar-refractivity contribution in [3.05, 3.63) is 100 Å². The molecule has 0 bridgehead atoms. The normalized spacial score (nSPS) is 17.3. The third-order valence-corrected chi connectivity index (χ3v) is 8.88. The second kappa shape index (κ2) is 15.8. The number of nitrogen functional groups attached to an aromatic ring is 1. The lowest BCUT2D eigenvalue weighted by Gasteiger charge is -2.23. The standard InChI is InChI=1S/C35H47N7O/c36-34(37)26-15-13-25(14-16-26)22-33(41-24-29-11-4-5-19-39-29)35(43)42-23-27-8-6-12-31-30(27)17-18-32(31)40-21-7-20-38-28-9-2-1-3-10-28/h4-6,8,11-16,19,28,32-33,38,40-41H,1-3,7,9-10,17-18,20-24H2,(H3,36,37)(H,42,43)/t32?,33-/m0/s1. The van der Waals surface area contributed by atoms with Crippen LogP contribution in [-0.4, -0.2) is 41.9 Å². The molecule has 0 radical (unpaired) electrons. The van der Waals surface area contributed by atoms with Crippen molar-refractivity contribution in [3.8, 4) is 0 Å². The molecular formula is C35H47N7O. The summed E-state index contributed by atoms with van der Waals surface area (Å²) in [6.45, 7) is 3.10. The molecule has 2 aliphatic rings. The molecule has 7 N–H and O–H groups in total. The van der Waals surface area contributed by atoms with Crippen LogP contribution in [0.25, 0.3) is 0 Å². The van der Waals surface area contributed by atoms with E-state index in [0.717, 1.165) is 49.7 Å². The predicted octanol–water partition coefficient (Wildman–Crippen LogP) is 4.27. The number of hydrogen-bond acceptors (Lipinski definition) is 6. The second-order valence-electron chi connectivity index (χ2n) is 12.0. The summed E-state index contributed by atoms with van der Waals surface area (Å²) >= 11 is 0. The van der Waals surface area contributed by atoms with Crippen LogP contribution < -0.4 is 27.0 Å². The average molecular weight is 582 g/mol. The van der Waals surface area contributed by atoms with Gasteiger partial charge in [-0.05, 0) is 86.0 Å². The van der Waals surface area contributed by atoms with E-state index in [0.29, 0.717) is 31.1 Å². The van der Waals surface area contributed by atoms with Crippen molar-refractivity contribution >= 4 is 11.7 Å². The van der Waals surface area contributed by atoms with Crippen molar-refractivity contribution in [2.75, 3.05) is 13.1 Å². The van der Waals surface area contributed by atoms with Crippen LogP contribution >= 0.6 is 0 Å². The molecule has 2 aromatic carbocycles. The zero-order valence-electron chi connectivity index (χ0n) is 25.2. The van der Waals surface area contributed by atoms with Gasteiger partial charge in [-0.2, -0.15) is 0 Å². The fourth-order valence-electron chi connectivity index (χ4n) is 6.43. The molecule has 1 heterocycles. The molecule has 0 saturated heterocycles. The van der Waals surface area contributed by atoms with E-state index in [1.54, 1.807) is 6.20 Å². The Hall–Kier alpha value is -3.59. The zero-order chi connectivity index (χ0) is 29.9. The highest BCUT2D eigenvalue weighted by molar-refractivity contribution is 5.94. The molecule has 3 aromatic rings. The smallest absolute Gasteiger partial charge is 0.237 e. The van der Waals surface area contributed by atoms with Crippen molar-refractivity contribution in [3.63, 3.8) is 0 Å². The number of fused-ring (bicyclic) bond motifs is 1. The SMILES string of the molecule is N=C(N)c1ccc(C[C@H](NCc2ccccn2)C(=O)NCc2cccc3c2CCC3NCCCNC2CCCCC2)cc1. The lowest BCUT2D eigenvalue weighted by molar-refractivity contribution is -0.123. The molecule has 2 aliphatic carbocycles. The number of aromatic nitrogens is 1. The minimum absolute atomic E-state index is 0.0358. The first-order valence-corrected chi connectivity index (χ1v) is 16.0. The Kier molecular flexibility index (Phi) is 11.3. The first-order valence-electron chi connectivity index (χ1n) is 16.0. The van der Waals surface area contributed by atoms with E-state index < -0.39 is 6.04 Å². The number of rotatable bonds is 15. The van der Waals surface area contributed by atoms with Crippen LogP contribution in [-0.2, 0) is 30.7 Å². The molecule has 1 saturated carbocycles. The summed E-state index contributed by atoms with van der Waals surface area (Å²) in [5.74, 6) is -0.00376. The van der Waals surface area contributed by atoms with E-state index in [-0.39, 0.29) is 11.7 Å². The zero-order valence-corrected chi connectivity index (χ0v) is 25.2. The molecule has 43 heavy (non-hydrogen) atoms. The van der Waals surface area contributed by atoms with E-state index >= 15 is 0 Å². The molecule has 1 fully saturated rings. The quantitative estimate of drug-likeness (QED) is 0.0904. The van der Waals surface area contributed by atoms with Crippen LogP contribution in [0.3, 0.4) is 0 Å². The lowest BCUT2D eigenvalue weighted by Crippen LogP contribution is -2.45. The Morgan fingerprint density at radius 3 is 2.51 bits per heavy atom. The molecule has 1 aromatic heterocycles. The number of hydrogen-bond donors (Lipinski definition) is 6. The van der Waals surface area contributed by atoms with Gasteiger partial charge in [-0.3, -0.25) is 20.5 Å². The first-order chi connectivity index (χ1) is 21.1. The van der Waals surface area contributed by atoms with Gasteiger partial charge in [-0.15, -0.1) is 0 Å². The molecule has 228 valence electrons. The number of carbonyl (C=O) groups is 1. The molecule has 0 spiro atoms. The summed E-state index contributed by atoms with van der Waals surface area (Å²) in [6, 6.07) is 20.5. The van der Waals surface area contributed by atoms with Gasteiger partial charge in [-0.25, -0.2) is 0 Å².